The summed E-state index contributed by atoms with van der Waals surface area (Å²) in [6, 6.07) is 25.2. The molecule has 3 aromatic rings. The number of benzene rings is 3. The number of phenols is 1. The lowest BCUT2D eigenvalue weighted by atomic mass is 10.1. The van der Waals surface area contributed by atoms with Gasteiger partial charge in [-0.05, 0) is 48.5 Å². The van der Waals surface area contributed by atoms with Gasteiger partial charge >= 0.3 is 0 Å². The van der Waals surface area contributed by atoms with E-state index in [2.05, 4.69) is 0 Å². The normalized spacial score (nSPS) is 10.2. The van der Waals surface area contributed by atoms with Crippen molar-refractivity contribution in [2.45, 2.75) is 0 Å². The molecule has 0 bridgehead atoms. The zero-order valence-corrected chi connectivity index (χ0v) is 11.9. The van der Waals surface area contributed by atoms with E-state index in [9.17, 15) is 9.90 Å². The van der Waals surface area contributed by atoms with Gasteiger partial charge in [-0.15, -0.1) is 0 Å². The van der Waals surface area contributed by atoms with Gasteiger partial charge in [-0.25, -0.2) is 0 Å². The van der Waals surface area contributed by atoms with Gasteiger partial charge in [0, 0.05) is 16.9 Å². The van der Waals surface area contributed by atoms with E-state index in [1.807, 2.05) is 48.5 Å². The quantitative estimate of drug-likeness (QED) is 0.777. The van der Waals surface area contributed by atoms with Crippen LogP contribution in [0.5, 0.6) is 5.75 Å². The van der Waals surface area contributed by atoms with Crippen molar-refractivity contribution in [3.63, 3.8) is 0 Å². The van der Waals surface area contributed by atoms with E-state index >= 15 is 0 Å². The first kappa shape index (κ1) is 13.9. The van der Waals surface area contributed by atoms with E-state index < -0.39 is 0 Å². The summed E-state index contributed by atoms with van der Waals surface area (Å²) < 4.78 is 0. The molecule has 0 saturated carbocycles. The molecule has 108 valence electrons. The Morgan fingerprint density at radius 1 is 0.682 bits per heavy atom. The summed E-state index contributed by atoms with van der Waals surface area (Å²) in [5, 5.41) is 9.46. The third-order valence-electron chi connectivity index (χ3n) is 3.35. The maximum Gasteiger partial charge on any atom is 0.262 e. The molecule has 3 heteroatoms. The van der Waals surface area contributed by atoms with Crippen molar-refractivity contribution >= 4 is 17.3 Å². The van der Waals surface area contributed by atoms with E-state index in [0.29, 0.717) is 11.3 Å². The molecule has 0 fully saturated rings. The Bertz CT molecular complexity index is 752. The van der Waals surface area contributed by atoms with E-state index in [-0.39, 0.29) is 11.7 Å². The highest BCUT2D eigenvalue weighted by Gasteiger charge is 2.19. The number of para-hydroxylation sites is 1. The van der Waals surface area contributed by atoms with Crippen molar-refractivity contribution in [1.82, 2.24) is 0 Å². The number of hydrogen-bond donors (Lipinski definition) is 1. The first-order valence-electron chi connectivity index (χ1n) is 6.99. The highest BCUT2D eigenvalue weighted by atomic mass is 16.3. The maximum atomic E-state index is 12.9. The molecule has 3 rings (SSSR count). The molecule has 0 aromatic heterocycles. The van der Waals surface area contributed by atoms with Crippen molar-refractivity contribution in [1.29, 1.82) is 0 Å². The molecular weight excluding hydrogens is 274 g/mol. The van der Waals surface area contributed by atoms with Crippen molar-refractivity contribution in [2.75, 3.05) is 4.90 Å². The van der Waals surface area contributed by atoms with Gasteiger partial charge in [-0.2, -0.15) is 0 Å². The summed E-state index contributed by atoms with van der Waals surface area (Å²) in [5.74, 6) is 0.0569. The van der Waals surface area contributed by atoms with Crippen molar-refractivity contribution < 1.29 is 9.90 Å². The number of carbonyl (C=O) groups excluding carboxylic acids is 1. The van der Waals surface area contributed by atoms with Gasteiger partial charge < -0.3 is 5.11 Å². The Kier molecular flexibility index (Phi) is 3.88. The first-order chi connectivity index (χ1) is 10.8. The van der Waals surface area contributed by atoms with Crippen LogP contribution in [0, 0.1) is 0 Å². The number of rotatable bonds is 3. The number of hydrogen-bond acceptors (Lipinski definition) is 2. The molecule has 3 aromatic carbocycles. The highest BCUT2D eigenvalue weighted by molar-refractivity contribution is 6.10. The SMILES string of the molecule is O=C(c1ccccc1)N(c1ccccc1)c1ccc(O)cc1. The second-order valence-corrected chi connectivity index (χ2v) is 4.86. The lowest BCUT2D eigenvalue weighted by molar-refractivity contribution is 0.0999. The van der Waals surface area contributed by atoms with Crippen LogP contribution in [-0.2, 0) is 0 Å². The van der Waals surface area contributed by atoms with Crippen LogP contribution in [-0.4, -0.2) is 11.0 Å². The molecule has 0 atom stereocenters. The Balaban J connectivity index is 2.07. The van der Waals surface area contributed by atoms with Crippen molar-refractivity contribution in [3.8, 4) is 5.75 Å². The Morgan fingerprint density at radius 3 is 1.77 bits per heavy atom. The zero-order valence-electron chi connectivity index (χ0n) is 11.9. The number of aromatic hydroxyl groups is 1. The summed E-state index contributed by atoms with van der Waals surface area (Å²) in [4.78, 5) is 14.5. The fourth-order valence-electron chi connectivity index (χ4n) is 2.27. The van der Waals surface area contributed by atoms with Gasteiger partial charge in [0.15, 0.2) is 0 Å². The van der Waals surface area contributed by atoms with Crippen LogP contribution < -0.4 is 4.90 Å². The third kappa shape index (κ3) is 2.83. The van der Waals surface area contributed by atoms with Gasteiger partial charge in [-0.1, -0.05) is 36.4 Å². The molecule has 1 N–H and O–H groups in total. The second-order valence-electron chi connectivity index (χ2n) is 4.86. The lowest BCUT2D eigenvalue weighted by Crippen LogP contribution is -2.25. The number of anilines is 2. The predicted molar refractivity (Wildman–Crippen MR) is 87.5 cm³/mol. The second kappa shape index (κ2) is 6.14. The van der Waals surface area contributed by atoms with E-state index in [1.165, 1.54) is 0 Å². The van der Waals surface area contributed by atoms with Crippen molar-refractivity contribution in [3.05, 3.63) is 90.5 Å². The average Bonchev–Trinajstić information content (AvgIpc) is 2.58. The van der Waals surface area contributed by atoms with Crippen LogP contribution in [0.1, 0.15) is 10.4 Å². The molecule has 0 radical (unpaired) electrons. The van der Waals surface area contributed by atoms with E-state index in [4.69, 9.17) is 0 Å². The Morgan fingerprint density at radius 2 is 1.18 bits per heavy atom. The Hall–Kier alpha value is -3.07. The van der Waals surface area contributed by atoms with Gasteiger partial charge in [-0.3, -0.25) is 9.69 Å². The predicted octanol–water partition coefficient (Wildman–Crippen LogP) is 4.37. The standard InChI is InChI=1S/C19H15NO2/c21-18-13-11-17(12-14-18)20(16-9-5-2-6-10-16)19(22)15-7-3-1-4-8-15/h1-14,21H. The first-order valence-corrected chi connectivity index (χ1v) is 6.99. The summed E-state index contributed by atoms with van der Waals surface area (Å²) in [6.45, 7) is 0. The van der Waals surface area contributed by atoms with Crippen LogP contribution in [0.25, 0.3) is 0 Å². The van der Waals surface area contributed by atoms with Crippen LogP contribution in [0.15, 0.2) is 84.9 Å². The molecule has 0 aliphatic heterocycles. The fraction of sp³-hybridized carbons (Fsp3) is 0. The van der Waals surface area contributed by atoms with Crippen LogP contribution >= 0.6 is 0 Å². The average molecular weight is 289 g/mol. The fourth-order valence-corrected chi connectivity index (χ4v) is 2.27. The van der Waals surface area contributed by atoms with Gasteiger partial charge in [0.25, 0.3) is 5.91 Å². The topological polar surface area (TPSA) is 40.5 Å². The molecule has 0 unspecified atom stereocenters. The summed E-state index contributed by atoms with van der Waals surface area (Å²) in [7, 11) is 0. The minimum absolute atomic E-state index is 0.113. The maximum absolute atomic E-state index is 12.9. The number of nitrogens with zero attached hydrogens (tertiary/aromatic N) is 1. The molecule has 22 heavy (non-hydrogen) atoms. The number of phenolic OH excluding ortho intramolecular Hbond substituents is 1. The Labute approximate surface area is 129 Å². The van der Waals surface area contributed by atoms with Crippen LogP contribution in [0.4, 0.5) is 11.4 Å². The molecule has 0 aliphatic carbocycles. The van der Waals surface area contributed by atoms with Gasteiger partial charge in [0.1, 0.15) is 5.75 Å². The summed E-state index contributed by atoms with van der Waals surface area (Å²) in [6.07, 6.45) is 0. The monoisotopic (exact) mass is 289 g/mol. The lowest BCUT2D eigenvalue weighted by Gasteiger charge is -2.23. The molecule has 3 nitrogen and oxygen atoms in total. The summed E-state index contributed by atoms with van der Waals surface area (Å²) in [5.41, 5.74) is 2.10. The van der Waals surface area contributed by atoms with Crippen LogP contribution in [0.2, 0.25) is 0 Å². The molecule has 0 saturated heterocycles. The number of carbonyl (C=O) groups is 1. The largest absolute Gasteiger partial charge is 0.508 e. The third-order valence-corrected chi connectivity index (χ3v) is 3.35. The highest BCUT2D eigenvalue weighted by Crippen LogP contribution is 2.28. The minimum Gasteiger partial charge on any atom is -0.508 e. The smallest absolute Gasteiger partial charge is 0.262 e. The molecule has 0 aliphatic rings. The number of amides is 1. The molecule has 1 amide bonds. The van der Waals surface area contributed by atoms with Crippen LogP contribution in [0.3, 0.4) is 0 Å². The summed E-state index contributed by atoms with van der Waals surface area (Å²) >= 11 is 0. The van der Waals surface area contributed by atoms with Crippen molar-refractivity contribution in [2.24, 2.45) is 0 Å². The molecular formula is C19H15NO2. The molecule has 0 heterocycles. The minimum atomic E-state index is -0.113. The zero-order chi connectivity index (χ0) is 15.4. The van der Waals surface area contributed by atoms with Gasteiger partial charge in [0.05, 0.1) is 0 Å². The van der Waals surface area contributed by atoms with Gasteiger partial charge in [0.2, 0.25) is 0 Å². The van der Waals surface area contributed by atoms with E-state index in [1.54, 1.807) is 41.3 Å². The molecule has 0 spiro atoms. The van der Waals surface area contributed by atoms with E-state index in [0.717, 1.165) is 5.69 Å².